The number of benzene rings is 4. The van der Waals surface area contributed by atoms with E-state index in [1.165, 1.54) is 23.5 Å². The molecule has 0 saturated heterocycles. The molecular formula is C42H33ClN8O2S2. The highest BCUT2D eigenvalue weighted by Gasteiger charge is 2.23. The number of nitrogens with one attached hydrogen (secondary N) is 1. The molecule has 10 nitrogen and oxygen atoms in total. The number of hydrogen-bond acceptors (Lipinski definition) is 12. The van der Waals surface area contributed by atoms with Crippen LogP contribution in [0, 0.1) is 45.3 Å². The van der Waals surface area contributed by atoms with E-state index in [9.17, 15) is 21.0 Å². The number of nitrogens with zero attached hydrogens (tertiary/aromatic N) is 6. The molecule has 6 rings (SSSR count). The second kappa shape index (κ2) is 22.1. The SMILES string of the molecule is N#Cc1c(Cl)nc(Sc2ccccc2)c(C#N)c1-c1ccccc1.N#Cc1c(NCCO)nc(Sc2ccccc2)c(C#N)c1-c1ccccc1.NCCO. The van der Waals surface area contributed by atoms with Gasteiger partial charge in [0.25, 0.3) is 0 Å². The van der Waals surface area contributed by atoms with Crippen LogP contribution in [0.25, 0.3) is 22.3 Å². The van der Waals surface area contributed by atoms with Crippen LogP contribution in [-0.2, 0) is 0 Å². The Balaban J connectivity index is 0.000000224. The Labute approximate surface area is 333 Å². The van der Waals surface area contributed by atoms with E-state index in [4.69, 9.17) is 27.5 Å². The summed E-state index contributed by atoms with van der Waals surface area (Å²) in [7, 11) is 0. The van der Waals surface area contributed by atoms with Gasteiger partial charge in [-0.15, -0.1) is 0 Å². The Bertz CT molecular complexity index is 2340. The molecule has 6 aromatic rings. The van der Waals surface area contributed by atoms with Gasteiger partial charge in [-0.05, 0) is 35.4 Å². The van der Waals surface area contributed by atoms with Crippen LogP contribution in [0.4, 0.5) is 5.82 Å². The van der Waals surface area contributed by atoms with Gasteiger partial charge in [0.1, 0.15) is 50.9 Å². The van der Waals surface area contributed by atoms with Gasteiger partial charge in [-0.2, -0.15) is 21.0 Å². The highest BCUT2D eigenvalue weighted by atomic mass is 35.5. The lowest BCUT2D eigenvalue weighted by atomic mass is 9.97. The fraction of sp³-hybridized carbons (Fsp3) is 0.0952. The minimum atomic E-state index is -0.0889. The zero-order valence-electron chi connectivity index (χ0n) is 29.2. The largest absolute Gasteiger partial charge is 0.395 e. The van der Waals surface area contributed by atoms with Crippen LogP contribution >= 0.6 is 35.1 Å². The van der Waals surface area contributed by atoms with Gasteiger partial charge in [0.2, 0.25) is 0 Å². The van der Waals surface area contributed by atoms with E-state index in [0.29, 0.717) is 50.2 Å². The number of aliphatic hydroxyl groups excluding tert-OH is 2. The number of halogens is 1. The predicted molar refractivity (Wildman–Crippen MR) is 216 cm³/mol. The maximum absolute atomic E-state index is 9.85. The van der Waals surface area contributed by atoms with Gasteiger partial charge in [-0.3, -0.25) is 0 Å². The minimum absolute atomic E-state index is 0.0889. The number of anilines is 1. The highest BCUT2D eigenvalue weighted by Crippen LogP contribution is 2.40. The topological polar surface area (TPSA) is 199 Å². The monoisotopic (exact) mass is 780 g/mol. The molecule has 0 aliphatic carbocycles. The molecule has 4 aromatic carbocycles. The summed E-state index contributed by atoms with van der Waals surface area (Å²) in [5.74, 6) is 0.364. The Hall–Kier alpha value is -6.19. The molecule has 0 unspecified atom stereocenters. The first-order chi connectivity index (χ1) is 26.9. The van der Waals surface area contributed by atoms with E-state index >= 15 is 0 Å². The van der Waals surface area contributed by atoms with Gasteiger partial charge < -0.3 is 21.3 Å². The smallest absolute Gasteiger partial charge is 0.148 e. The predicted octanol–water partition coefficient (Wildman–Crippen LogP) is 8.28. The number of pyridine rings is 2. The van der Waals surface area contributed by atoms with Crippen molar-refractivity contribution in [3.05, 3.63) is 149 Å². The molecule has 5 N–H and O–H groups in total. The lowest BCUT2D eigenvalue weighted by Crippen LogP contribution is -2.11. The van der Waals surface area contributed by atoms with E-state index in [0.717, 1.165) is 20.9 Å². The Morgan fingerprint density at radius 2 is 0.945 bits per heavy atom. The first-order valence-electron chi connectivity index (χ1n) is 16.6. The third-order valence-corrected chi connectivity index (χ3v) is 9.57. The van der Waals surface area contributed by atoms with Crippen molar-refractivity contribution >= 4 is 40.9 Å². The van der Waals surface area contributed by atoms with E-state index in [-0.39, 0.29) is 30.5 Å². The minimum Gasteiger partial charge on any atom is -0.395 e. The average molecular weight is 781 g/mol. The standard InChI is InChI=1S/C21H16N4OS.C19H10ClN3S.C2H7NO/c22-13-17-19(15-7-3-1-4-8-15)18(14-23)21(25-20(17)24-11-12-26)27-16-9-5-2-6-10-16;20-18-15(11-21)17(13-7-3-1-4-8-13)16(12-22)19(23-18)24-14-9-5-2-6-10-14;3-1-2-4/h1-10,26H,11-12H2,(H,24,25);1-10H;4H,1-3H2. The highest BCUT2D eigenvalue weighted by molar-refractivity contribution is 7.99. The molecule has 0 saturated carbocycles. The first-order valence-corrected chi connectivity index (χ1v) is 18.6. The summed E-state index contributed by atoms with van der Waals surface area (Å²) in [4.78, 5) is 10.7. The van der Waals surface area contributed by atoms with E-state index in [2.05, 4.69) is 39.6 Å². The quantitative estimate of drug-likeness (QED) is 0.0972. The fourth-order valence-corrected chi connectivity index (χ4v) is 7.03. The summed E-state index contributed by atoms with van der Waals surface area (Å²) in [5.41, 5.74) is 8.63. The fourth-order valence-electron chi connectivity index (χ4n) is 4.96. The summed E-state index contributed by atoms with van der Waals surface area (Å²) < 4.78 is 0. The van der Waals surface area contributed by atoms with Crippen molar-refractivity contribution < 1.29 is 10.2 Å². The number of aromatic nitrogens is 2. The Morgan fingerprint density at radius 3 is 1.33 bits per heavy atom. The molecular weight excluding hydrogens is 748 g/mol. The third kappa shape index (κ3) is 11.2. The second-order valence-corrected chi connectivity index (χ2v) is 13.4. The van der Waals surface area contributed by atoms with Gasteiger partial charge in [-0.25, -0.2) is 9.97 Å². The van der Waals surface area contributed by atoms with Crippen molar-refractivity contribution in [3.63, 3.8) is 0 Å². The molecule has 13 heteroatoms. The van der Waals surface area contributed by atoms with Crippen molar-refractivity contribution in [2.75, 3.05) is 31.6 Å². The van der Waals surface area contributed by atoms with E-state index in [1.54, 1.807) is 0 Å². The van der Waals surface area contributed by atoms with Crippen LogP contribution in [0.3, 0.4) is 0 Å². The molecule has 2 heterocycles. The average Bonchev–Trinajstić information content (AvgIpc) is 3.24. The maximum atomic E-state index is 9.85. The molecule has 0 spiro atoms. The lowest BCUT2D eigenvalue weighted by Gasteiger charge is -2.15. The zero-order chi connectivity index (χ0) is 39.4. The summed E-state index contributed by atoms with van der Waals surface area (Å²) in [6.45, 7) is 0.644. The van der Waals surface area contributed by atoms with Crippen LogP contribution in [0.5, 0.6) is 0 Å². The molecule has 0 bridgehead atoms. The maximum Gasteiger partial charge on any atom is 0.148 e. The van der Waals surface area contributed by atoms with Crippen LogP contribution in [-0.4, -0.2) is 46.5 Å². The number of nitrogens with two attached hydrogens (primary N) is 1. The van der Waals surface area contributed by atoms with Crippen molar-refractivity contribution in [1.82, 2.24) is 9.97 Å². The van der Waals surface area contributed by atoms with Crippen LogP contribution < -0.4 is 11.1 Å². The van der Waals surface area contributed by atoms with Gasteiger partial charge >= 0.3 is 0 Å². The molecule has 0 fully saturated rings. The number of hydrogen-bond donors (Lipinski definition) is 4. The molecule has 0 amide bonds. The van der Waals surface area contributed by atoms with Gasteiger partial charge in [0.05, 0.1) is 29.9 Å². The summed E-state index contributed by atoms with van der Waals surface area (Å²) in [6, 6.07) is 46.6. The van der Waals surface area contributed by atoms with Crippen molar-refractivity contribution in [3.8, 4) is 46.5 Å². The van der Waals surface area contributed by atoms with Crippen LogP contribution in [0.2, 0.25) is 5.15 Å². The molecule has 2 aromatic heterocycles. The summed E-state index contributed by atoms with van der Waals surface area (Å²) in [5, 5.41) is 59.8. The Morgan fingerprint density at radius 1 is 0.564 bits per heavy atom. The second-order valence-electron chi connectivity index (χ2n) is 10.9. The van der Waals surface area contributed by atoms with Crippen molar-refractivity contribution in [2.45, 2.75) is 19.8 Å². The van der Waals surface area contributed by atoms with Crippen LogP contribution in [0.15, 0.2) is 141 Å². The van der Waals surface area contributed by atoms with Gasteiger partial charge in [0, 0.05) is 34.0 Å². The Kier molecular flexibility index (Phi) is 16.7. The van der Waals surface area contributed by atoms with Gasteiger partial charge in [0.15, 0.2) is 0 Å². The summed E-state index contributed by atoms with van der Waals surface area (Å²) in [6.07, 6.45) is 0. The lowest BCUT2D eigenvalue weighted by molar-refractivity contribution is 0.306. The molecule has 0 aliphatic heterocycles. The first kappa shape index (κ1) is 41.6. The normalized spacial score (nSPS) is 9.82. The van der Waals surface area contributed by atoms with Crippen molar-refractivity contribution in [1.29, 1.82) is 21.0 Å². The molecule has 0 atom stereocenters. The molecule has 0 radical (unpaired) electrons. The van der Waals surface area contributed by atoms with Crippen molar-refractivity contribution in [2.24, 2.45) is 5.73 Å². The summed E-state index contributed by atoms with van der Waals surface area (Å²) >= 11 is 8.95. The number of nitriles is 4. The number of aliphatic hydroxyl groups is 2. The van der Waals surface area contributed by atoms with Gasteiger partial charge in [-0.1, -0.05) is 132 Å². The molecule has 0 aliphatic rings. The van der Waals surface area contributed by atoms with Crippen LogP contribution in [0.1, 0.15) is 22.3 Å². The zero-order valence-corrected chi connectivity index (χ0v) is 31.6. The third-order valence-electron chi connectivity index (χ3n) is 7.30. The van der Waals surface area contributed by atoms with E-state index < -0.39 is 0 Å². The molecule has 272 valence electrons. The van der Waals surface area contributed by atoms with E-state index in [1.807, 2.05) is 121 Å². The molecule has 55 heavy (non-hydrogen) atoms. The number of rotatable bonds is 10.